The van der Waals surface area contributed by atoms with E-state index in [4.69, 9.17) is 5.11 Å². The number of aromatic nitrogens is 4. The van der Waals surface area contributed by atoms with Crippen LogP contribution in [0.1, 0.15) is 10.4 Å². The highest BCUT2D eigenvalue weighted by Crippen LogP contribution is 2.19. The van der Waals surface area contributed by atoms with Crippen LogP contribution in [0.15, 0.2) is 36.8 Å². The van der Waals surface area contributed by atoms with E-state index in [0.29, 0.717) is 22.6 Å². The normalized spacial score (nSPS) is 10.7. The average Bonchev–Trinajstić information content (AvgIpc) is 2.82. The van der Waals surface area contributed by atoms with Gasteiger partial charge in [0.05, 0.1) is 11.8 Å². The predicted octanol–water partition coefficient (Wildman–Crippen LogP) is 1.72. The minimum atomic E-state index is -0.965. The number of hydrogen-bond donors (Lipinski definition) is 2. The molecule has 0 spiro atoms. The summed E-state index contributed by atoms with van der Waals surface area (Å²) in [6, 6.07) is 6.57. The fourth-order valence-electron chi connectivity index (χ4n) is 1.70. The van der Waals surface area contributed by atoms with Crippen molar-refractivity contribution in [2.75, 3.05) is 0 Å². The van der Waals surface area contributed by atoms with Crippen LogP contribution in [-0.4, -0.2) is 31.0 Å². The zero-order valence-corrected chi connectivity index (χ0v) is 9.16. The van der Waals surface area contributed by atoms with Crippen LogP contribution in [0, 0.1) is 0 Å². The van der Waals surface area contributed by atoms with Crippen molar-refractivity contribution in [1.82, 2.24) is 19.9 Å². The summed E-state index contributed by atoms with van der Waals surface area (Å²) in [6.45, 7) is 0. The Morgan fingerprint density at radius 3 is 3.00 bits per heavy atom. The molecule has 2 heterocycles. The maximum Gasteiger partial charge on any atom is 0.335 e. The molecule has 0 aliphatic rings. The van der Waals surface area contributed by atoms with E-state index < -0.39 is 5.97 Å². The number of aromatic carboxylic acids is 1. The lowest BCUT2D eigenvalue weighted by atomic mass is 10.1. The van der Waals surface area contributed by atoms with E-state index in [1.165, 1.54) is 12.4 Å². The molecule has 0 amide bonds. The summed E-state index contributed by atoms with van der Waals surface area (Å²) in [5.74, 6) is -0.388. The van der Waals surface area contributed by atoms with E-state index in [1.807, 2.05) is 0 Å². The molecule has 6 nitrogen and oxygen atoms in total. The Kier molecular flexibility index (Phi) is 2.26. The molecule has 0 saturated heterocycles. The second-order valence-electron chi connectivity index (χ2n) is 3.73. The first kappa shape index (κ1) is 10.4. The lowest BCUT2D eigenvalue weighted by molar-refractivity contribution is 0.0697. The summed E-state index contributed by atoms with van der Waals surface area (Å²) in [6.07, 6.45) is 3.04. The van der Waals surface area contributed by atoms with Crippen LogP contribution in [0.5, 0.6) is 0 Å². The van der Waals surface area contributed by atoms with E-state index in [2.05, 4.69) is 19.9 Å². The third-order valence-electron chi connectivity index (χ3n) is 2.54. The molecule has 88 valence electrons. The first-order valence-electron chi connectivity index (χ1n) is 5.23. The first-order chi connectivity index (χ1) is 8.74. The summed E-state index contributed by atoms with van der Waals surface area (Å²) in [4.78, 5) is 26.1. The quantitative estimate of drug-likeness (QED) is 0.711. The minimum absolute atomic E-state index is 0.221. The van der Waals surface area contributed by atoms with Crippen molar-refractivity contribution < 1.29 is 9.90 Å². The second kappa shape index (κ2) is 3.92. The van der Waals surface area contributed by atoms with Gasteiger partial charge in [0, 0.05) is 5.56 Å². The van der Waals surface area contributed by atoms with Gasteiger partial charge in [-0.05, 0) is 12.1 Å². The molecule has 0 bridgehead atoms. The fourth-order valence-corrected chi connectivity index (χ4v) is 1.70. The van der Waals surface area contributed by atoms with Crippen molar-refractivity contribution in [3.05, 3.63) is 42.4 Å². The number of carboxylic acid groups (broad SMARTS) is 1. The molecule has 0 unspecified atom stereocenters. The monoisotopic (exact) mass is 240 g/mol. The topological polar surface area (TPSA) is 91.8 Å². The molecule has 0 atom stereocenters. The largest absolute Gasteiger partial charge is 0.478 e. The number of carboxylic acids is 1. The van der Waals surface area contributed by atoms with Crippen molar-refractivity contribution in [2.45, 2.75) is 0 Å². The second-order valence-corrected chi connectivity index (χ2v) is 3.73. The molecule has 3 rings (SSSR count). The van der Waals surface area contributed by atoms with Gasteiger partial charge in [-0.15, -0.1) is 0 Å². The van der Waals surface area contributed by atoms with Gasteiger partial charge in [0.1, 0.15) is 17.7 Å². The summed E-state index contributed by atoms with van der Waals surface area (Å²) < 4.78 is 0. The summed E-state index contributed by atoms with van der Waals surface area (Å²) in [5.41, 5.74) is 2.20. The molecule has 0 saturated carbocycles. The smallest absolute Gasteiger partial charge is 0.335 e. The number of aromatic amines is 1. The summed E-state index contributed by atoms with van der Waals surface area (Å²) in [7, 11) is 0. The van der Waals surface area contributed by atoms with Crippen molar-refractivity contribution in [3.63, 3.8) is 0 Å². The molecule has 1 aromatic carbocycles. The fraction of sp³-hybridized carbons (Fsp3) is 0. The van der Waals surface area contributed by atoms with Crippen molar-refractivity contribution in [3.8, 4) is 11.4 Å². The van der Waals surface area contributed by atoms with E-state index in [0.717, 1.165) is 0 Å². The van der Waals surface area contributed by atoms with Crippen LogP contribution in [0.4, 0.5) is 0 Å². The standard InChI is InChI=1S/C12H8N4O2/c17-12(18)8-3-1-2-7(4-8)10-15-9-5-13-6-14-11(9)16-10/h1-6H,(H,17,18)(H,13,14,15,16). The van der Waals surface area contributed by atoms with Gasteiger partial charge in [-0.25, -0.2) is 19.7 Å². The van der Waals surface area contributed by atoms with Gasteiger partial charge < -0.3 is 10.1 Å². The molecule has 2 N–H and O–H groups in total. The Morgan fingerprint density at radius 2 is 2.22 bits per heavy atom. The van der Waals surface area contributed by atoms with Gasteiger partial charge in [-0.3, -0.25) is 0 Å². The molecule has 6 heteroatoms. The predicted molar refractivity (Wildman–Crippen MR) is 64.1 cm³/mol. The zero-order valence-electron chi connectivity index (χ0n) is 9.16. The number of carbonyl (C=O) groups is 1. The van der Waals surface area contributed by atoms with Crippen molar-refractivity contribution in [1.29, 1.82) is 0 Å². The Labute approximate surface area is 101 Å². The first-order valence-corrected chi connectivity index (χ1v) is 5.23. The maximum absolute atomic E-state index is 10.9. The van der Waals surface area contributed by atoms with E-state index >= 15 is 0 Å². The number of hydrogen-bond acceptors (Lipinski definition) is 4. The van der Waals surface area contributed by atoms with Gasteiger partial charge in [0.15, 0.2) is 5.65 Å². The molecular weight excluding hydrogens is 232 g/mol. The minimum Gasteiger partial charge on any atom is -0.478 e. The highest BCUT2D eigenvalue weighted by Gasteiger charge is 2.08. The zero-order chi connectivity index (χ0) is 12.5. The van der Waals surface area contributed by atoms with Crippen LogP contribution in [-0.2, 0) is 0 Å². The van der Waals surface area contributed by atoms with Crippen LogP contribution in [0.25, 0.3) is 22.6 Å². The van der Waals surface area contributed by atoms with Crippen LogP contribution >= 0.6 is 0 Å². The molecule has 18 heavy (non-hydrogen) atoms. The summed E-state index contributed by atoms with van der Waals surface area (Å²) >= 11 is 0. The number of H-pyrrole nitrogens is 1. The third kappa shape index (κ3) is 1.69. The number of nitrogens with zero attached hydrogens (tertiary/aromatic N) is 3. The molecule has 0 aliphatic carbocycles. The molecule has 0 radical (unpaired) electrons. The van der Waals surface area contributed by atoms with E-state index in [-0.39, 0.29) is 5.56 Å². The van der Waals surface area contributed by atoms with Gasteiger partial charge in [0.2, 0.25) is 0 Å². The highest BCUT2D eigenvalue weighted by atomic mass is 16.4. The molecule has 0 aliphatic heterocycles. The van der Waals surface area contributed by atoms with Crippen molar-refractivity contribution in [2.24, 2.45) is 0 Å². The Morgan fingerprint density at radius 1 is 1.33 bits per heavy atom. The number of benzene rings is 1. The van der Waals surface area contributed by atoms with Crippen molar-refractivity contribution >= 4 is 17.1 Å². The van der Waals surface area contributed by atoms with Gasteiger partial charge in [0.25, 0.3) is 0 Å². The lowest BCUT2D eigenvalue weighted by Gasteiger charge is -1.98. The van der Waals surface area contributed by atoms with Crippen LogP contribution < -0.4 is 0 Å². The third-order valence-corrected chi connectivity index (χ3v) is 2.54. The molecule has 0 fully saturated rings. The Bertz CT molecular complexity index is 703. The van der Waals surface area contributed by atoms with Gasteiger partial charge >= 0.3 is 5.97 Å². The van der Waals surface area contributed by atoms with Gasteiger partial charge in [-0.2, -0.15) is 0 Å². The Balaban J connectivity index is 2.13. The Hall–Kier alpha value is -2.76. The van der Waals surface area contributed by atoms with E-state index in [9.17, 15) is 4.79 Å². The number of imidazole rings is 1. The molecular formula is C12H8N4O2. The number of fused-ring (bicyclic) bond motifs is 1. The van der Waals surface area contributed by atoms with E-state index in [1.54, 1.807) is 24.4 Å². The lowest BCUT2D eigenvalue weighted by Crippen LogP contribution is -1.95. The average molecular weight is 240 g/mol. The number of rotatable bonds is 2. The molecule has 3 aromatic rings. The SMILES string of the molecule is O=C(O)c1cccc(-c2nc3ncncc3[nH]2)c1. The summed E-state index contributed by atoms with van der Waals surface area (Å²) in [5, 5.41) is 8.94. The van der Waals surface area contributed by atoms with Gasteiger partial charge in [-0.1, -0.05) is 12.1 Å². The van der Waals surface area contributed by atoms with Crippen LogP contribution in [0.3, 0.4) is 0 Å². The van der Waals surface area contributed by atoms with Crippen LogP contribution in [0.2, 0.25) is 0 Å². The maximum atomic E-state index is 10.9. The molecule has 2 aromatic heterocycles. The number of nitrogens with one attached hydrogen (secondary N) is 1. The highest BCUT2D eigenvalue weighted by molar-refractivity contribution is 5.89.